The number of nitrogens with one attached hydrogen (secondary N) is 1. The standard InChI is InChI=1S/C18H19N3O5S3/c1-21(13-6-3-2-4-7-13)16-10-15(20-12-14-8-5-9-27-14)17(26-28(22)23)11-18(16)29(19,24)25/h2-11,20H,12H2,1H3,(H,22,23)(H2,19,24,25)/p-1. The minimum atomic E-state index is -4.17. The molecule has 29 heavy (non-hydrogen) atoms. The first-order valence-electron chi connectivity index (χ1n) is 8.29. The number of rotatable bonds is 8. The summed E-state index contributed by atoms with van der Waals surface area (Å²) in [5.74, 6) is -0.163. The van der Waals surface area contributed by atoms with E-state index >= 15 is 0 Å². The molecule has 1 heterocycles. The fraction of sp³-hybridized carbons (Fsp3) is 0.111. The van der Waals surface area contributed by atoms with Gasteiger partial charge in [-0.3, -0.25) is 0 Å². The van der Waals surface area contributed by atoms with Crippen molar-refractivity contribution in [2.24, 2.45) is 5.14 Å². The molecule has 1 unspecified atom stereocenters. The molecule has 0 saturated heterocycles. The van der Waals surface area contributed by atoms with Crippen molar-refractivity contribution >= 4 is 49.8 Å². The van der Waals surface area contributed by atoms with Gasteiger partial charge in [-0.1, -0.05) is 24.3 Å². The highest BCUT2D eigenvalue weighted by atomic mass is 32.2. The molecule has 0 amide bonds. The Balaban J connectivity index is 2.11. The number of nitrogens with two attached hydrogens (primary N) is 1. The molecule has 11 heteroatoms. The molecule has 3 rings (SSSR count). The van der Waals surface area contributed by atoms with Crippen LogP contribution in [0.5, 0.6) is 5.75 Å². The summed E-state index contributed by atoms with van der Waals surface area (Å²) in [5, 5.41) is 10.4. The minimum Gasteiger partial charge on any atom is -0.740 e. The molecular weight excluding hydrogens is 434 g/mol. The maximum Gasteiger partial charge on any atom is 0.240 e. The third kappa shape index (κ3) is 5.34. The lowest BCUT2D eigenvalue weighted by molar-refractivity contribution is 0.440. The summed E-state index contributed by atoms with van der Waals surface area (Å²) >= 11 is -1.37. The molecule has 0 saturated carbocycles. The van der Waals surface area contributed by atoms with Crippen molar-refractivity contribution in [2.45, 2.75) is 11.4 Å². The number of thiophene rings is 1. The zero-order valence-electron chi connectivity index (χ0n) is 15.3. The summed E-state index contributed by atoms with van der Waals surface area (Å²) in [7, 11) is -2.48. The third-order valence-electron chi connectivity index (χ3n) is 4.06. The lowest BCUT2D eigenvalue weighted by Crippen LogP contribution is -2.19. The van der Waals surface area contributed by atoms with Gasteiger partial charge in [0.25, 0.3) is 0 Å². The predicted octanol–water partition coefficient (Wildman–Crippen LogP) is 2.95. The summed E-state index contributed by atoms with van der Waals surface area (Å²) in [4.78, 5) is 2.40. The van der Waals surface area contributed by atoms with E-state index in [-0.39, 0.29) is 16.3 Å². The molecule has 154 valence electrons. The van der Waals surface area contributed by atoms with Gasteiger partial charge in [0, 0.05) is 30.2 Å². The maximum absolute atomic E-state index is 12.2. The number of sulfonamides is 1. The molecule has 3 N–H and O–H groups in total. The maximum atomic E-state index is 12.2. The van der Waals surface area contributed by atoms with Crippen LogP contribution in [0.4, 0.5) is 17.1 Å². The lowest BCUT2D eigenvalue weighted by atomic mass is 10.2. The van der Waals surface area contributed by atoms with Gasteiger partial charge in [0.05, 0.1) is 11.4 Å². The van der Waals surface area contributed by atoms with E-state index in [9.17, 15) is 17.2 Å². The highest BCUT2D eigenvalue weighted by Crippen LogP contribution is 2.38. The molecule has 1 atom stereocenters. The Morgan fingerprint density at radius 3 is 2.52 bits per heavy atom. The fourth-order valence-electron chi connectivity index (χ4n) is 2.71. The van der Waals surface area contributed by atoms with Gasteiger partial charge < -0.3 is 19.0 Å². The van der Waals surface area contributed by atoms with Gasteiger partial charge in [-0.15, -0.1) is 11.3 Å². The molecule has 0 fully saturated rings. The van der Waals surface area contributed by atoms with Gasteiger partial charge in [-0.05, 0) is 29.6 Å². The molecule has 2 aromatic carbocycles. The van der Waals surface area contributed by atoms with Crippen LogP contribution >= 0.6 is 11.3 Å². The van der Waals surface area contributed by atoms with Gasteiger partial charge >= 0.3 is 0 Å². The van der Waals surface area contributed by atoms with E-state index in [1.165, 1.54) is 17.4 Å². The Labute approximate surface area is 175 Å². The highest BCUT2D eigenvalue weighted by molar-refractivity contribution is 7.89. The van der Waals surface area contributed by atoms with E-state index in [2.05, 4.69) is 5.32 Å². The second-order valence-electron chi connectivity index (χ2n) is 5.98. The van der Waals surface area contributed by atoms with Crippen LogP contribution in [0.15, 0.2) is 64.9 Å². The van der Waals surface area contributed by atoms with Crippen molar-refractivity contribution in [1.29, 1.82) is 0 Å². The van der Waals surface area contributed by atoms with Crippen LogP contribution in [-0.2, 0) is 27.9 Å². The van der Waals surface area contributed by atoms with Crippen LogP contribution in [0.25, 0.3) is 0 Å². The van der Waals surface area contributed by atoms with Crippen LogP contribution in [0, 0.1) is 0 Å². The smallest absolute Gasteiger partial charge is 0.240 e. The van der Waals surface area contributed by atoms with Crippen molar-refractivity contribution < 1.29 is 21.4 Å². The van der Waals surface area contributed by atoms with E-state index in [1.807, 2.05) is 47.8 Å². The number of hydrogen-bond acceptors (Lipinski definition) is 8. The van der Waals surface area contributed by atoms with Gasteiger partial charge in [0.1, 0.15) is 16.3 Å². The first kappa shape index (κ1) is 21.3. The summed E-state index contributed by atoms with van der Waals surface area (Å²) in [6, 6.07) is 15.5. The van der Waals surface area contributed by atoms with Crippen molar-refractivity contribution in [3.8, 4) is 5.75 Å². The van der Waals surface area contributed by atoms with E-state index in [1.54, 1.807) is 11.9 Å². The van der Waals surface area contributed by atoms with E-state index in [4.69, 9.17) is 9.32 Å². The Kier molecular flexibility index (Phi) is 6.55. The SMILES string of the molecule is CN(c1ccccc1)c1cc(NCc2cccs2)c(OS(=O)[O-])cc1S(N)(=O)=O. The third-order valence-corrected chi connectivity index (χ3v) is 6.20. The summed E-state index contributed by atoms with van der Waals surface area (Å²) in [5.41, 5.74) is 1.31. The first-order valence-corrected chi connectivity index (χ1v) is 11.7. The van der Waals surface area contributed by atoms with Crippen LogP contribution in [-0.4, -0.2) is 24.2 Å². The molecule has 0 aliphatic heterocycles. The quantitative estimate of drug-likeness (QED) is 0.503. The number of primary sulfonamides is 1. The average molecular weight is 453 g/mol. The zero-order chi connectivity index (χ0) is 21.0. The number of para-hydroxylation sites is 1. The normalized spacial score (nSPS) is 12.4. The minimum absolute atomic E-state index is 0.163. The molecule has 0 aliphatic carbocycles. The van der Waals surface area contributed by atoms with Crippen molar-refractivity contribution in [3.63, 3.8) is 0 Å². The molecule has 0 bridgehead atoms. The molecule has 1 aromatic heterocycles. The number of hydrogen-bond donors (Lipinski definition) is 2. The number of anilines is 3. The fourth-order valence-corrected chi connectivity index (χ4v) is 4.39. The Bertz CT molecular complexity index is 1100. The van der Waals surface area contributed by atoms with Crippen LogP contribution in [0.2, 0.25) is 0 Å². The molecule has 0 radical (unpaired) electrons. The molecule has 0 spiro atoms. The van der Waals surface area contributed by atoms with Crippen molar-refractivity contribution in [3.05, 3.63) is 64.9 Å². The van der Waals surface area contributed by atoms with Gasteiger partial charge in [0.15, 0.2) is 5.75 Å². The van der Waals surface area contributed by atoms with E-state index in [0.29, 0.717) is 12.2 Å². The van der Waals surface area contributed by atoms with E-state index in [0.717, 1.165) is 16.6 Å². The van der Waals surface area contributed by atoms with Crippen LogP contribution in [0.1, 0.15) is 4.88 Å². The first-order chi connectivity index (χ1) is 13.8. The number of benzene rings is 2. The topological polar surface area (TPSA) is 125 Å². The second kappa shape index (κ2) is 8.93. The van der Waals surface area contributed by atoms with E-state index < -0.39 is 21.4 Å². The molecule has 3 aromatic rings. The Hall–Kier alpha value is -2.44. The molecular formula is C18H18N3O5S3-. The average Bonchev–Trinajstić information content (AvgIpc) is 3.19. The Morgan fingerprint density at radius 1 is 1.21 bits per heavy atom. The predicted molar refractivity (Wildman–Crippen MR) is 114 cm³/mol. The lowest BCUT2D eigenvalue weighted by Gasteiger charge is -2.24. The molecule has 0 aliphatic rings. The largest absolute Gasteiger partial charge is 0.740 e. The van der Waals surface area contributed by atoms with Gasteiger partial charge in [-0.2, -0.15) is 0 Å². The van der Waals surface area contributed by atoms with Crippen LogP contribution < -0.4 is 19.5 Å². The van der Waals surface area contributed by atoms with Crippen LogP contribution in [0.3, 0.4) is 0 Å². The van der Waals surface area contributed by atoms with Crippen molar-refractivity contribution in [1.82, 2.24) is 0 Å². The van der Waals surface area contributed by atoms with Gasteiger partial charge in [0.2, 0.25) is 10.0 Å². The van der Waals surface area contributed by atoms with Gasteiger partial charge in [-0.25, -0.2) is 17.8 Å². The zero-order valence-corrected chi connectivity index (χ0v) is 17.7. The summed E-state index contributed by atoms with van der Waals surface area (Å²) in [6.45, 7) is 0.405. The molecule has 8 nitrogen and oxygen atoms in total. The summed E-state index contributed by atoms with van der Waals surface area (Å²) < 4.78 is 51.5. The highest BCUT2D eigenvalue weighted by Gasteiger charge is 2.22. The Morgan fingerprint density at radius 2 is 1.93 bits per heavy atom. The monoisotopic (exact) mass is 452 g/mol. The second-order valence-corrected chi connectivity index (χ2v) is 9.11. The van der Waals surface area contributed by atoms with Crippen molar-refractivity contribution in [2.75, 3.05) is 17.3 Å². The number of nitrogens with zero attached hydrogens (tertiary/aromatic N) is 1. The summed E-state index contributed by atoms with van der Waals surface area (Å²) in [6.07, 6.45) is 0.